The van der Waals surface area contributed by atoms with Gasteiger partial charge in [0.25, 0.3) is 0 Å². The summed E-state index contributed by atoms with van der Waals surface area (Å²) in [5.74, 6) is 0.208. The Hall–Kier alpha value is -0.650. The fourth-order valence-electron chi connectivity index (χ4n) is 2.09. The van der Waals surface area contributed by atoms with Crippen molar-refractivity contribution in [3.8, 4) is 0 Å². The Morgan fingerprint density at radius 2 is 2.11 bits per heavy atom. The van der Waals surface area contributed by atoms with Crippen molar-refractivity contribution in [1.29, 1.82) is 0 Å². The molecule has 1 N–H and O–H groups in total. The van der Waals surface area contributed by atoms with Gasteiger partial charge in [0.15, 0.2) is 0 Å². The summed E-state index contributed by atoms with van der Waals surface area (Å²) in [5.41, 5.74) is 0. The van der Waals surface area contributed by atoms with Gasteiger partial charge in [-0.15, -0.1) is 0 Å². The second-order valence-corrected chi connectivity index (χ2v) is 4.76. The topological polar surface area (TPSA) is 59.0 Å². The molecule has 1 amide bonds. The van der Waals surface area contributed by atoms with Gasteiger partial charge in [0.05, 0.1) is 25.4 Å². The second kappa shape index (κ2) is 8.45. The fourth-order valence-corrected chi connectivity index (χ4v) is 2.09. The van der Waals surface area contributed by atoms with Gasteiger partial charge in [-0.1, -0.05) is 0 Å². The Morgan fingerprint density at radius 1 is 1.44 bits per heavy atom. The number of amides is 1. The average Bonchev–Trinajstić information content (AvgIpc) is 2.42. The largest absolute Gasteiger partial charge is 0.394 e. The van der Waals surface area contributed by atoms with Crippen LogP contribution in [0.25, 0.3) is 0 Å². The normalized spacial score (nSPS) is 18.9. The first-order chi connectivity index (χ1) is 8.67. The molecule has 0 radical (unpaired) electrons. The van der Waals surface area contributed by atoms with E-state index in [9.17, 15) is 4.79 Å². The highest BCUT2D eigenvalue weighted by molar-refractivity contribution is 5.76. The predicted molar refractivity (Wildman–Crippen MR) is 68.3 cm³/mol. The quantitative estimate of drug-likeness (QED) is 0.735. The van der Waals surface area contributed by atoms with Crippen LogP contribution < -0.4 is 0 Å². The smallest absolute Gasteiger partial charge is 0.222 e. The minimum absolute atomic E-state index is 0.0635. The maximum absolute atomic E-state index is 11.9. The molecule has 0 aromatic carbocycles. The van der Waals surface area contributed by atoms with E-state index < -0.39 is 0 Å². The molecule has 0 bridgehead atoms. The highest BCUT2D eigenvalue weighted by Crippen LogP contribution is 2.15. The Balaban J connectivity index is 2.19. The van der Waals surface area contributed by atoms with E-state index >= 15 is 0 Å². The summed E-state index contributed by atoms with van der Waals surface area (Å²) in [6, 6.07) is 0. The number of hydrogen-bond donors (Lipinski definition) is 1. The molecule has 1 aliphatic rings. The van der Waals surface area contributed by atoms with Gasteiger partial charge in [-0.3, -0.25) is 4.79 Å². The molecule has 1 unspecified atom stereocenters. The molecule has 0 aromatic rings. The van der Waals surface area contributed by atoms with Gasteiger partial charge in [0.2, 0.25) is 5.91 Å². The summed E-state index contributed by atoms with van der Waals surface area (Å²) in [5, 5.41) is 8.68. The Morgan fingerprint density at radius 3 is 2.67 bits per heavy atom. The lowest BCUT2D eigenvalue weighted by atomic mass is 10.1. The van der Waals surface area contributed by atoms with Crippen LogP contribution in [0.2, 0.25) is 0 Å². The molecule has 106 valence electrons. The molecule has 5 heteroatoms. The molecule has 1 aliphatic heterocycles. The van der Waals surface area contributed by atoms with Crippen molar-refractivity contribution in [3.63, 3.8) is 0 Å². The Labute approximate surface area is 109 Å². The van der Waals surface area contributed by atoms with E-state index in [1.807, 2.05) is 11.8 Å². The number of aliphatic hydroxyl groups excluding tert-OH is 1. The molecule has 1 rings (SSSR count). The molecule has 1 saturated heterocycles. The fraction of sp³-hybridized carbons (Fsp3) is 0.923. The number of hydrogen-bond acceptors (Lipinski definition) is 4. The van der Waals surface area contributed by atoms with E-state index in [2.05, 4.69) is 0 Å². The number of rotatable bonds is 7. The summed E-state index contributed by atoms with van der Waals surface area (Å²) >= 11 is 0. The molecule has 18 heavy (non-hydrogen) atoms. The van der Waals surface area contributed by atoms with Crippen LogP contribution in [0.3, 0.4) is 0 Å². The number of aliphatic hydroxyl groups is 1. The first-order valence-corrected chi connectivity index (χ1v) is 6.70. The minimum Gasteiger partial charge on any atom is -0.394 e. The highest BCUT2D eigenvalue weighted by atomic mass is 16.5. The lowest BCUT2D eigenvalue weighted by Crippen LogP contribution is -2.41. The number of nitrogens with zero attached hydrogens (tertiary/aromatic N) is 1. The second-order valence-electron chi connectivity index (χ2n) is 4.76. The van der Waals surface area contributed by atoms with E-state index in [4.69, 9.17) is 14.6 Å². The predicted octanol–water partition coefficient (Wildman–Crippen LogP) is 0.801. The number of carbonyl (C=O) groups is 1. The van der Waals surface area contributed by atoms with E-state index in [0.717, 1.165) is 32.4 Å². The zero-order valence-corrected chi connectivity index (χ0v) is 11.4. The molecular weight excluding hydrogens is 234 g/mol. The van der Waals surface area contributed by atoms with Gasteiger partial charge >= 0.3 is 0 Å². The van der Waals surface area contributed by atoms with Crippen molar-refractivity contribution in [1.82, 2.24) is 4.90 Å². The van der Waals surface area contributed by atoms with E-state index in [0.29, 0.717) is 13.0 Å². The standard InChI is InChI=1S/C13H25NO4/c1-11(17-2)3-4-13(16)14-7-5-12(6-8-14)18-10-9-15/h11-12,15H,3-10H2,1-2H3. The first kappa shape index (κ1) is 15.4. The molecule has 1 fully saturated rings. The summed E-state index contributed by atoms with van der Waals surface area (Å²) in [7, 11) is 1.67. The van der Waals surface area contributed by atoms with Crippen LogP contribution in [-0.2, 0) is 14.3 Å². The van der Waals surface area contributed by atoms with Crippen molar-refractivity contribution in [2.45, 2.75) is 44.8 Å². The van der Waals surface area contributed by atoms with Crippen LogP contribution in [-0.4, -0.2) is 61.5 Å². The summed E-state index contributed by atoms with van der Waals surface area (Å²) in [6.45, 7) is 3.95. The zero-order valence-electron chi connectivity index (χ0n) is 11.4. The molecule has 0 spiro atoms. The number of likely N-dealkylation sites (tertiary alicyclic amines) is 1. The molecule has 0 aliphatic carbocycles. The van der Waals surface area contributed by atoms with Crippen LogP contribution in [0.15, 0.2) is 0 Å². The maximum atomic E-state index is 11.9. The number of ether oxygens (including phenoxy) is 2. The highest BCUT2D eigenvalue weighted by Gasteiger charge is 2.23. The number of carbonyl (C=O) groups excluding carboxylic acids is 1. The van der Waals surface area contributed by atoms with Gasteiger partial charge in [0, 0.05) is 26.6 Å². The van der Waals surface area contributed by atoms with Crippen molar-refractivity contribution >= 4 is 5.91 Å². The third kappa shape index (κ3) is 5.33. The van der Waals surface area contributed by atoms with Crippen LogP contribution in [0.4, 0.5) is 0 Å². The molecule has 0 aromatic heterocycles. The van der Waals surface area contributed by atoms with Crippen LogP contribution in [0, 0.1) is 0 Å². The van der Waals surface area contributed by atoms with Crippen molar-refractivity contribution in [3.05, 3.63) is 0 Å². The van der Waals surface area contributed by atoms with E-state index in [-0.39, 0.29) is 24.7 Å². The van der Waals surface area contributed by atoms with Gasteiger partial charge < -0.3 is 19.5 Å². The van der Waals surface area contributed by atoms with Gasteiger partial charge in [-0.05, 0) is 26.2 Å². The van der Waals surface area contributed by atoms with Gasteiger partial charge in [0.1, 0.15) is 0 Å². The Bertz CT molecular complexity index is 239. The lowest BCUT2D eigenvalue weighted by Gasteiger charge is -2.32. The monoisotopic (exact) mass is 259 g/mol. The number of methoxy groups -OCH3 is 1. The van der Waals surface area contributed by atoms with Crippen LogP contribution in [0.5, 0.6) is 0 Å². The molecule has 1 atom stereocenters. The zero-order chi connectivity index (χ0) is 13.4. The van der Waals surface area contributed by atoms with Gasteiger partial charge in [-0.25, -0.2) is 0 Å². The average molecular weight is 259 g/mol. The summed E-state index contributed by atoms with van der Waals surface area (Å²) < 4.78 is 10.6. The minimum atomic E-state index is 0.0635. The third-order valence-electron chi connectivity index (χ3n) is 3.41. The molecule has 5 nitrogen and oxygen atoms in total. The molecular formula is C13H25NO4. The van der Waals surface area contributed by atoms with Crippen molar-refractivity contribution < 1.29 is 19.4 Å². The Kier molecular flexibility index (Phi) is 7.23. The van der Waals surface area contributed by atoms with E-state index in [1.165, 1.54) is 0 Å². The molecule has 0 saturated carbocycles. The summed E-state index contributed by atoms with van der Waals surface area (Å²) in [4.78, 5) is 13.8. The van der Waals surface area contributed by atoms with Crippen LogP contribution >= 0.6 is 0 Å². The van der Waals surface area contributed by atoms with Crippen molar-refractivity contribution in [2.75, 3.05) is 33.4 Å². The van der Waals surface area contributed by atoms with E-state index in [1.54, 1.807) is 7.11 Å². The SMILES string of the molecule is COC(C)CCC(=O)N1CCC(OCCO)CC1. The third-order valence-corrected chi connectivity index (χ3v) is 3.41. The van der Waals surface area contributed by atoms with Crippen molar-refractivity contribution in [2.24, 2.45) is 0 Å². The first-order valence-electron chi connectivity index (χ1n) is 6.70. The maximum Gasteiger partial charge on any atom is 0.222 e. The number of piperidine rings is 1. The van der Waals surface area contributed by atoms with Gasteiger partial charge in [-0.2, -0.15) is 0 Å². The molecule has 1 heterocycles. The lowest BCUT2D eigenvalue weighted by molar-refractivity contribution is -0.134. The summed E-state index contributed by atoms with van der Waals surface area (Å²) in [6.07, 6.45) is 3.39. The van der Waals surface area contributed by atoms with Crippen LogP contribution in [0.1, 0.15) is 32.6 Å².